The van der Waals surface area contributed by atoms with Gasteiger partial charge in [0.15, 0.2) is 5.82 Å². The van der Waals surface area contributed by atoms with Crippen molar-refractivity contribution in [3.63, 3.8) is 0 Å². The number of tetrazole rings is 2. The van der Waals surface area contributed by atoms with E-state index >= 15 is 0 Å². The van der Waals surface area contributed by atoms with E-state index in [0.29, 0.717) is 24.6 Å². The SMILES string of the molecule is c1ccc(-c2nnn(CCc3nn[nH]n3)n2)cc1. The first-order chi connectivity index (χ1) is 8.92. The normalized spacial score (nSPS) is 10.7. The first-order valence-electron chi connectivity index (χ1n) is 5.47. The summed E-state index contributed by atoms with van der Waals surface area (Å²) in [5, 5.41) is 25.9. The molecule has 2 heterocycles. The van der Waals surface area contributed by atoms with Crippen molar-refractivity contribution in [2.24, 2.45) is 0 Å². The fourth-order valence-electron chi connectivity index (χ4n) is 1.53. The summed E-state index contributed by atoms with van der Waals surface area (Å²) in [6, 6.07) is 9.72. The summed E-state index contributed by atoms with van der Waals surface area (Å²) < 4.78 is 0. The second-order valence-corrected chi connectivity index (χ2v) is 3.65. The highest BCUT2D eigenvalue weighted by Gasteiger charge is 2.06. The Morgan fingerprint density at radius 3 is 2.78 bits per heavy atom. The third-order valence-corrected chi connectivity index (χ3v) is 2.41. The molecule has 0 radical (unpaired) electrons. The molecule has 0 aliphatic heterocycles. The van der Waals surface area contributed by atoms with Gasteiger partial charge in [0.1, 0.15) is 0 Å². The zero-order chi connectivity index (χ0) is 12.2. The van der Waals surface area contributed by atoms with Gasteiger partial charge in [0.05, 0.1) is 6.54 Å². The number of aromatic nitrogens is 8. The zero-order valence-corrected chi connectivity index (χ0v) is 9.43. The van der Waals surface area contributed by atoms with E-state index in [1.807, 2.05) is 30.3 Å². The number of aromatic amines is 1. The molecule has 0 aliphatic carbocycles. The largest absolute Gasteiger partial charge is 0.204 e. The van der Waals surface area contributed by atoms with Gasteiger partial charge in [-0.15, -0.1) is 20.4 Å². The number of aryl methyl sites for hydroxylation is 2. The van der Waals surface area contributed by atoms with Crippen molar-refractivity contribution < 1.29 is 0 Å². The molecule has 0 spiro atoms. The maximum Gasteiger partial charge on any atom is 0.204 e. The molecule has 0 saturated carbocycles. The fourth-order valence-corrected chi connectivity index (χ4v) is 1.53. The molecule has 0 aliphatic rings. The van der Waals surface area contributed by atoms with Gasteiger partial charge < -0.3 is 0 Å². The van der Waals surface area contributed by atoms with Crippen LogP contribution in [-0.4, -0.2) is 40.8 Å². The Morgan fingerprint density at radius 1 is 1.11 bits per heavy atom. The van der Waals surface area contributed by atoms with Crippen LogP contribution in [0.1, 0.15) is 5.82 Å². The number of rotatable bonds is 4. The molecular weight excluding hydrogens is 232 g/mol. The minimum absolute atomic E-state index is 0.569. The lowest BCUT2D eigenvalue weighted by molar-refractivity contribution is 0.515. The van der Waals surface area contributed by atoms with Gasteiger partial charge in [0.2, 0.25) is 5.82 Å². The maximum absolute atomic E-state index is 4.29. The molecule has 2 aromatic heterocycles. The monoisotopic (exact) mass is 242 g/mol. The third kappa shape index (κ3) is 2.21. The van der Waals surface area contributed by atoms with Gasteiger partial charge in [-0.1, -0.05) is 35.5 Å². The van der Waals surface area contributed by atoms with E-state index in [0.717, 1.165) is 5.56 Å². The van der Waals surface area contributed by atoms with Crippen LogP contribution in [0.4, 0.5) is 0 Å². The van der Waals surface area contributed by atoms with Crippen molar-refractivity contribution in [2.45, 2.75) is 13.0 Å². The van der Waals surface area contributed by atoms with Crippen molar-refractivity contribution in [1.82, 2.24) is 40.8 Å². The topological polar surface area (TPSA) is 98.1 Å². The predicted molar refractivity (Wildman–Crippen MR) is 61.1 cm³/mol. The second kappa shape index (κ2) is 4.70. The smallest absolute Gasteiger partial charge is 0.177 e. The fraction of sp³-hybridized carbons (Fsp3) is 0.200. The van der Waals surface area contributed by atoms with E-state index in [1.54, 1.807) is 0 Å². The van der Waals surface area contributed by atoms with Crippen LogP contribution in [0.3, 0.4) is 0 Å². The Morgan fingerprint density at radius 2 is 2.00 bits per heavy atom. The Labute approximate surface area is 102 Å². The minimum Gasteiger partial charge on any atom is -0.177 e. The predicted octanol–water partition coefficient (Wildman–Crippen LogP) is 0.0959. The van der Waals surface area contributed by atoms with Crippen molar-refractivity contribution >= 4 is 0 Å². The number of hydrogen-bond acceptors (Lipinski definition) is 6. The minimum atomic E-state index is 0.569. The van der Waals surface area contributed by atoms with Gasteiger partial charge in [0.25, 0.3) is 0 Å². The molecule has 0 fully saturated rings. The molecule has 0 amide bonds. The number of nitrogens with zero attached hydrogens (tertiary/aromatic N) is 7. The van der Waals surface area contributed by atoms with Gasteiger partial charge in [-0.2, -0.15) is 10.0 Å². The first kappa shape index (κ1) is 10.5. The highest BCUT2D eigenvalue weighted by atomic mass is 15.6. The zero-order valence-electron chi connectivity index (χ0n) is 9.43. The Hall–Kier alpha value is -2.64. The molecule has 18 heavy (non-hydrogen) atoms. The lowest BCUT2D eigenvalue weighted by Gasteiger charge is -1.94. The lowest BCUT2D eigenvalue weighted by Crippen LogP contribution is -2.06. The first-order valence-corrected chi connectivity index (χ1v) is 5.47. The van der Waals surface area contributed by atoms with Crippen LogP contribution < -0.4 is 0 Å². The van der Waals surface area contributed by atoms with E-state index in [4.69, 9.17) is 0 Å². The Bertz CT molecular complexity index is 600. The van der Waals surface area contributed by atoms with E-state index < -0.39 is 0 Å². The van der Waals surface area contributed by atoms with Gasteiger partial charge >= 0.3 is 0 Å². The van der Waals surface area contributed by atoms with Crippen molar-refractivity contribution in [1.29, 1.82) is 0 Å². The summed E-state index contributed by atoms with van der Waals surface area (Å²) in [6.45, 7) is 0.569. The third-order valence-electron chi connectivity index (χ3n) is 2.41. The molecule has 0 bridgehead atoms. The second-order valence-electron chi connectivity index (χ2n) is 3.65. The highest BCUT2D eigenvalue weighted by Crippen LogP contribution is 2.11. The summed E-state index contributed by atoms with van der Waals surface area (Å²) in [7, 11) is 0. The summed E-state index contributed by atoms with van der Waals surface area (Å²) in [5.41, 5.74) is 0.948. The van der Waals surface area contributed by atoms with E-state index in [-0.39, 0.29) is 0 Å². The van der Waals surface area contributed by atoms with Crippen molar-refractivity contribution in [3.8, 4) is 11.4 Å². The van der Waals surface area contributed by atoms with Crippen LogP contribution in [-0.2, 0) is 13.0 Å². The number of H-pyrrole nitrogens is 1. The molecule has 3 rings (SSSR count). The molecular formula is C10H10N8. The van der Waals surface area contributed by atoms with Crippen LogP contribution in [0.5, 0.6) is 0 Å². The highest BCUT2D eigenvalue weighted by molar-refractivity contribution is 5.52. The van der Waals surface area contributed by atoms with Gasteiger partial charge in [0, 0.05) is 12.0 Å². The van der Waals surface area contributed by atoms with Crippen LogP contribution in [0, 0.1) is 0 Å². The molecule has 8 heteroatoms. The van der Waals surface area contributed by atoms with Gasteiger partial charge in [-0.3, -0.25) is 0 Å². The summed E-state index contributed by atoms with van der Waals surface area (Å²) in [4.78, 5) is 1.53. The lowest BCUT2D eigenvalue weighted by atomic mass is 10.2. The van der Waals surface area contributed by atoms with Crippen LogP contribution in [0.15, 0.2) is 30.3 Å². The van der Waals surface area contributed by atoms with E-state index in [2.05, 4.69) is 36.0 Å². The van der Waals surface area contributed by atoms with Crippen molar-refractivity contribution in [3.05, 3.63) is 36.2 Å². The van der Waals surface area contributed by atoms with E-state index in [1.165, 1.54) is 4.80 Å². The quantitative estimate of drug-likeness (QED) is 0.696. The van der Waals surface area contributed by atoms with Gasteiger partial charge in [-0.05, 0) is 5.21 Å². The van der Waals surface area contributed by atoms with Crippen LogP contribution >= 0.6 is 0 Å². The number of benzene rings is 1. The average Bonchev–Trinajstić information content (AvgIpc) is 3.09. The molecule has 3 aromatic rings. The number of hydrogen-bond donors (Lipinski definition) is 1. The number of nitrogens with one attached hydrogen (secondary N) is 1. The summed E-state index contributed by atoms with van der Waals surface area (Å²) >= 11 is 0. The Balaban J connectivity index is 1.70. The maximum atomic E-state index is 4.29. The average molecular weight is 242 g/mol. The molecule has 0 atom stereocenters. The standard InChI is InChI=1S/C10H10N8/c1-2-4-8(5-3-1)10-13-17-18(14-10)7-6-9-11-15-16-12-9/h1-5H,6-7H2,(H,11,12,15,16). The molecule has 90 valence electrons. The summed E-state index contributed by atoms with van der Waals surface area (Å²) in [6.07, 6.45) is 0.612. The molecule has 8 nitrogen and oxygen atoms in total. The van der Waals surface area contributed by atoms with Gasteiger partial charge in [-0.25, -0.2) is 0 Å². The van der Waals surface area contributed by atoms with Crippen LogP contribution in [0.2, 0.25) is 0 Å². The van der Waals surface area contributed by atoms with E-state index in [9.17, 15) is 0 Å². The van der Waals surface area contributed by atoms with Crippen molar-refractivity contribution in [2.75, 3.05) is 0 Å². The molecule has 0 saturated heterocycles. The molecule has 1 aromatic carbocycles. The summed E-state index contributed by atoms with van der Waals surface area (Å²) in [5.74, 6) is 1.25. The Kier molecular flexibility index (Phi) is 2.74. The van der Waals surface area contributed by atoms with Crippen LogP contribution in [0.25, 0.3) is 11.4 Å². The molecule has 0 unspecified atom stereocenters. The molecule has 1 N–H and O–H groups in total.